The first-order valence-corrected chi connectivity index (χ1v) is 7.03. The highest BCUT2D eigenvalue weighted by molar-refractivity contribution is 5.46. The van der Waals surface area contributed by atoms with Crippen molar-refractivity contribution >= 4 is 5.69 Å². The summed E-state index contributed by atoms with van der Waals surface area (Å²) in [4.78, 5) is 4.85. The lowest BCUT2D eigenvalue weighted by atomic mass is 10.1. The fourth-order valence-electron chi connectivity index (χ4n) is 2.60. The Morgan fingerprint density at radius 3 is 2.42 bits per heavy atom. The Hall–Kier alpha value is -1.13. The van der Waals surface area contributed by atoms with Crippen LogP contribution in [0.5, 0.6) is 0 Å². The number of nitrogens with zero attached hydrogens (tertiary/aromatic N) is 2. The summed E-state index contributed by atoms with van der Waals surface area (Å²) < 4.78 is 13.2. The van der Waals surface area contributed by atoms with Crippen LogP contribution in [0.15, 0.2) is 18.2 Å². The van der Waals surface area contributed by atoms with Gasteiger partial charge in [-0.1, -0.05) is 13.8 Å². The first kappa shape index (κ1) is 14.3. The predicted octanol–water partition coefficient (Wildman–Crippen LogP) is 2.18. The minimum atomic E-state index is -0.206. The molecule has 0 aromatic heterocycles. The van der Waals surface area contributed by atoms with Crippen molar-refractivity contribution in [3.8, 4) is 0 Å². The number of benzene rings is 1. The summed E-state index contributed by atoms with van der Waals surface area (Å²) in [6, 6.07) is 4.62. The average Bonchev–Trinajstić information content (AvgIpc) is 2.35. The second kappa shape index (κ2) is 6.35. The van der Waals surface area contributed by atoms with Crippen molar-refractivity contribution in [2.24, 2.45) is 5.92 Å². The lowest BCUT2D eigenvalue weighted by Crippen LogP contribution is -2.46. The molecule has 1 aromatic rings. The van der Waals surface area contributed by atoms with Gasteiger partial charge in [0, 0.05) is 45.0 Å². The Kier molecular flexibility index (Phi) is 4.77. The van der Waals surface area contributed by atoms with E-state index in [-0.39, 0.29) is 5.82 Å². The summed E-state index contributed by atoms with van der Waals surface area (Å²) in [6.45, 7) is 10.7. The standard InChI is InChI=1S/C15H24FN3/c1-12(2)10-18-5-7-19(8-6-18)11-13-9-14(16)3-4-15(13)17/h3-4,9,12H,5-8,10-11,17H2,1-2H3. The van der Waals surface area contributed by atoms with Crippen LogP contribution in [0.25, 0.3) is 0 Å². The van der Waals surface area contributed by atoms with Crippen LogP contribution >= 0.6 is 0 Å². The van der Waals surface area contributed by atoms with Crippen LogP contribution in [0.2, 0.25) is 0 Å². The van der Waals surface area contributed by atoms with E-state index in [2.05, 4.69) is 23.6 Å². The third-order valence-corrected chi connectivity index (χ3v) is 3.59. The number of rotatable bonds is 4. The number of piperazine rings is 1. The molecule has 1 fully saturated rings. The summed E-state index contributed by atoms with van der Waals surface area (Å²) in [6.07, 6.45) is 0. The van der Waals surface area contributed by atoms with Gasteiger partial charge in [0.2, 0.25) is 0 Å². The molecule has 0 bridgehead atoms. The van der Waals surface area contributed by atoms with Gasteiger partial charge in [0.1, 0.15) is 5.82 Å². The Balaban J connectivity index is 1.87. The van der Waals surface area contributed by atoms with Crippen molar-refractivity contribution in [2.45, 2.75) is 20.4 Å². The molecule has 0 unspecified atom stereocenters. The molecule has 1 heterocycles. The Morgan fingerprint density at radius 1 is 1.16 bits per heavy atom. The minimum absolute atomic E-state index is 0.206. The molecule has 106 valence electrons. The van der Waals surface area contributed by atoms with Crippen LogP contribution in [-0.4, -0.2) is 42.5 Å². The number of nitrogen functional groups attached to an aromatic ring is 1. The van der Waals surface area contributed by atoms with E-state index in [0.717, 1.165) is 44.8 Å². The number of hydrogen-bond acceptors (Lipinski definition) is 3. The maximum absolute atomic E-state index is 13.2. The SMILES string of the molecule is CC(C)CN1CCN(Cc2cc(F)ccc2N)CC1. The molecule has 0 spiro atoms. The molecule has 2 N–H and O–H groups in total. The zero-order valence-electron chi connectivity index (χ0n) is 11.9. The first-order valence-electron chi connectivity index (χ1n) is 7.03. The van der Waals surface area contributed by atoms with Gasteiger partial charge in [0.25, 0.3) is 0 Å². The molecule has 2 rings (SSSR count). The van der Waals surface area contributed by atoms with E-state index in [9.17, 15) is 4.39 Å². The lowest BCUT2D eigenvalue weighted by Gasteiger charge is -2.35. The third kappa shape index (κ3) is 4.18. The molecular formula is C15H24FN3. The van der Waals surface area contributed by atoms with E-state index in [1.54, 1.807) is 12.1 Å². The predicted molar refractivity (Wildman–Crippen MR) is 77.4 cm³/mol. The zero-order chi connectivity index (χ0) is 13.8. The van der Waals surface area contributed by atoms with Crippen LogP contribution in [0.1, 0.15) is 19.4 Å². The highest BCUT2D eigenvalue weighted by atomic mass is 19.1. The number of anilines is 1. The van der Waals surface area contributed by atoms with Gasteiger partial charge in [-0.25, -0.2) is 4.39 Å². The second-order valence-corrected chi connectivity index (χ2v) is 5.81. The normalized spacial score (nSPS) is 18.1. The van der Waals surface area contributed by atoms with Gasteiger partial charge >= 0.3 is 0 Å². The van der Waals surface area contributed by atoms with Crippen LogP contribution in [0.3, 0.4) is 0 Å². The van der Waals surface area contributed by atoms with Gasteiger partial charge in [-0.2, -0.15) is 0 Å². The first-order chi connectivity index (χ1) is 9.04. The molecule has 19 heavy (non-hydrogen) atoms. The highest BCUT2D eigenvalue weighted by Crippen LogP contribution is 2.17. The van der Waals surface area contributed by atoms with E-state index in [0.29, 0.717) is 11.6 Å². The van der Waals surface area contributed by atoms with E-state index in [4.69, 9.17) is 5.73 Å². The number of halogens is 1. The Labute approximate surface area is 115 Å². The van der Waals surface area contributed by atoms with Crippen molar-refractivity contribution in [1.82, 2.24) is 9.80 Å². The smallest absolute Gasteiger partial charge is 0.123 e. The van der Waals surface area contributed by atoms with E-state index < -0.39 is 0 Å². The third-order valence-electron chi connectivity index (χ3n) is 3.59. The van der Waals surface area contributed by atoms with Crippen LogP contribution in [0.4, 0.5) is 10.1 Å². The summed E-state index contributed by atoms with van der Waals surface area (Å²) in [5.74, 6) is 0.507. The fourth-order valence-corrected chi connectivity index (χ4v) is 2.60. The molecule has 0 aliphatic carbocycles. The quantitative estimate of drug-likeness (QED) is 0.847. The molecule has 0 radical (unpaired) electrons. The summed E-state index contributed by atoms with van der Waals surface area (Å²) in [5, 5.41) is 0. The molecule has 1 aliphatic rings. The van der Waals surface area contributed by atoms with Gasteiger partial charge < -0.3 is 10.6 Å². The van der Waals surface area contributed by atoms with Gasteiger partial charge in [-0.3, -0.25) is 4.90 Å². The van der Waals surface area contributed by atoms with E-state index in [1.807, 2.05) is 0 Å². The molecule has 0 saturated carbocycles. The van der Waals surface area contributed by atoms with Crippen molar-refractivity contribution in [3.63, 3.8) is 0 Å². The van der Waals surface area contributed by atoms with Gasteiger partial charge in [-0.05, 0) is 29.7 Å². The summed E-state index contributed by atoms with van der Waals surface area (Å²) in [7, 11) is 0. The maximum Gasteiger partial charge on any atom is 0.123 e. The van der Waals surface area contributed by atoms with Gasteiger partial charge in [-0.15, -0.1) is 0 Å². The summed E-state index contributed by atoms with van der Waals surface area (Å²) in [5.41, 5.74) is 7.48. The molecule has 1 aliphatic heterocycles. The van der Waals surface area contributed by atoms with E-state index in [1.165, 1.54) is 6.07 Å². The zero-order valence-corrected chi connectivity index (χ0v) is 11.9. The van der Waals surface area contributed by atoms with Gasteiger partial charge in [0.05, 0.1) is 0 Å². The minimum Gasteiger partial charge on any atom is -0.398 e. The fraction of sp³-hybridized carbons (Fsp3) is 0.600. The molecular weight excluding hydrogens is 241 g/mol. The van der Waals surface area contributed by atoms with Crippen molar-refractivity contribution in [1.29, 1.82) is 0 Å². The number of nitrogens with two attached hydrogens (primary N) is 1. The van der Waals surface area contributed by atoms with Crippen molar-refractivity contribution in [3.05, 3.63) is 29.6 Å². The van der Waals surface area contributed by atoms with Crippen molar-refractivity contribution < 1.29 is 4.39 Å². The maximum atomic E-state index is 13.2. The van der Waals surface area contributed by atoms with Crippen LogP contribution < -0.4 is 5.73 Å². The number of hydrogen-bond donors (Lipinski definition) is 1. The highest BCUT2D eigenvalue weighted by Gasteiger charge is 2.18. The topological polar surface area (TPSA) is 32.5 Å². The second-order valence-electron chi connectivity index (χ2n) is 5.81. The molecule has 0 atom stereocenters. The summed E-state index contributed by atoms with van der Waals surface area (Å²) >= 11 is 0. The monoisotopic (exact) mass is 265 g/mol. The van der Waals surface area contributed by atoms with E-state index >= 15 is 0 Å². The molecule has 1 saturated heterocycles. The average molecular weight is 265 g/mol. The Morgan fingerprint density at radius 2 is 1.79 bits per heavy atom. The van der Waals surface area contributed by atoms with Crippen LogP contribution in [0, 0.1) is 11.7 Å². The molecule has 3 nitrogen and oxygen atoms in total. The van der Waals surface area contributed by atoms with Gasteiger partial charge in [0.15, 0.2) is 0 Å². The largest absolute Gasteiger partial charge is 0.398 e. The molecule has 4 heteroatoms. The lowest BCUT2D eigenvalue weighted by molar-refractivity contribution is 0.117. The van der Waals surface area contributed by atoms with Crippen LogP contribution in [-0.2, 0) is 6.54 Å². The van der Waals surface area contributed by atoms with Crippen molar-refractivity contribution in [2.75, 3.05) is 38.5 Å². The Bertz CT molecular complexity index is 412. The molecule has 1 aromatic carbocycles. The molecule has 0 amide bonds.